The molecule has 0 atom stereocenters. The Morgan fingerprint density at radius 3 is 2.60 bits per heavy atom. The monoisotopic (exact) mass is 460 g/mol. The van der Waals surface area contributed by atoms with Crippen LogP contribution in [0.25, 0.3) is 10.7 Å². The molecule has 0 unspecified atom stereocenters. The molecule has 0 aliphatic rings. The van der Waals surface area contributed by atoms with E-state index in [1.54, 1.807) is 24.4 Å². The first-order valence-corrected chi connectivity index (χ1v) is 11.5. The number of nitrogens with one attached hydrogen (secondary N) is 1. The average molecular weight is 461 g/mol. The minimum atomic E-state index is -3.89. The van der Waals surface area contributed by atoms with Gasteiger partial charge in [-0.2, -0.15) is 0 Å². The number of hydrogen-bond donors (Lipinski definition) is 3. The number of benzene rings is 2. The molecule has 0 saturated heterocycles. The van der Waals surface area contributed by atoms with Gasteiger partial charge in [0, 0.05) is 24.0 Å². The lowest BCUT2D eigenvalue weighted by Gasteiger charge is -2.08. The summed E-state index contributed by atoms with van der Waals surface area (Å²) in [6.45, 7) is 0.584. The van der Waals surface area contributed by atoms with E-state index in [0.29, 0.717) is 38.9 Å². The Labute approximate surface area is 182 Å². The zero-order valence-electron chi connectivity index (χ0n) is 15.5. The number of para-hydroxylation sites is 1. The number of primary sulfonamides is 1. The predicted octanol–water partition coefficient (Wildman–Crippen LogP) is 3.68. The lowest BCUT2D eigenvalue weighted by molar-refractivity contribution is 0.598. The van der Waals surface area contributed by atoms with Crippen LogP contribution in [-0.4, -0.2) is 23.0 Å². The van der Waals surface area contributed by atoms with Gasteiger partial charge in [-0.25, -0.2) is 23.5 Å². The highest BCUT2D eigenvalue weighted by molar-refractivity contribution is 7.89. The van der Waals surface area contributed by atoms with Crippen molar-refractivity contribution in [3.63, 3.8) is 0 Å². The maximum absolute atomic E-state index is 11.8. The van der Waals surface area contributed by atoms with E-state index in [9.17, 15) is 8.42 Å². The number of nitrogens with zero attached hydrogens (tertiary/aromatic N) is 3. The highest BCUT2D eigenvalue weighted by Crippen LogP contribution is 2.36. The molecule has 2 aromatic carbocycles. The second-order valence-corrected chi connectivity index (χ2v) is 9.37. The molecule has 0 saturated carbocycles. The fraction of sp³-hybridized carbons (Fsp3) is 0.0526. The van der Waals surface area contributed by atoms with Gasteiger partial charge in [-0.3, -0.25) is 0 Å². The summed E-state index contributed by atoms with van der Waals surface area (Å²) in [5, 5.41) is 9.39. The molecule has 0 aliphatic heterocycles. The van der Waals surface area contributed by atoms with Crippen molar-refractivity contribution in [3.8, 4) is 10.7 Å². The van der Waals surface area contributed by atoms with Crippen LogP contribution in [0.4, 0.5) is 16.6 Å². The van der Waals surface area contributed by atoms with Crippen molar-refractivity contribution in [3.05, 3.63) is 71.5 Å². The van der Waals surface area contributed by atoms with Gasteiger partial charge in [-0.05, 0) is 29.8 Å². The molecule has 0 amide bonds. The number of nitrogen functional groups attached to an aromatic ring is 1. The van der Waals surface area contributed by atoms with Gasteiger partial charge in [0.2, 0.25) is 10.0 Å². The summed E-state index contributed by atoms with van der Waals surface area (Å²) >= 11 is 7.23. The summed E-state index contributed by atoms with van der Waals surface area (Å²) in [4.78, 5) is 9.39. The number of halogens is 1. The molecule has 0 bridgehead atoms. The van der Waals surface area contributed by atoms with Crippen LogP contribution in [0.1, 0.15) is 5.56 Å². The maximum atomic E-state index is 11.8. The molecular weight excluding hydrogens is 444 g/mol. The minimum absolute atomic E-state index is 0.0236. The van der Waals surface area contributed by atoms with Gasteiger partial charge in [-0.15, -0.1) is 0 Å². The Kier molecular flexibility index (Phi) is 5.48. The zero-order chi connectivity index (χ0) is 21.3. The number of thiazole rings is 1. The molecule has 154 valence electrons. The average Bonchev–Trinajstić information content (AvgIpc) is 3.29. The molecule has 0 radical (unpaired) electrons. The molecule has 0 spiro atoms. The van der Waals surface area contributed by atoms with E-state index in [-0.39, 0.29) is 4.90 Å². The summed E-state index contributed by atoms with van der Waals surface area (Å²) in [6, 6.07) is 13.9. The van der Waals surface area contributed by atoms with Crippen molar-refractivity contribution in [2.75, 3.05) is 11.1 Å². The molecule has 4 rings (SSSR count). The second kappa shape index (κ2) is 8.07. The molecular formula is C19H17ClN6O2S2. The van der Waals surface area contributed by atoms with Gasteiger partial charge < -0.3 is 15.6 Å². The summed E-state index contributed by atoms with van der Waals surface area (Å²) in [7, 11) is -3.89. The van der Waals surface area contributed by atoms with Crippen LogP contribution in [-0.2, 0) is 16.6 Å². The van der Waals surface area contributed by atoms with Gasteiger partial charge >= 0.3 is 0 Å². The van der Waals surface area contributed by atoms with Gasteiger partial charge in [-0.1, -0.05) is 47.2 Å². The van der Waals surface area contributed by atoms with Crippen LogP contribution < -0.4 is 16.2 Å². The van der Waals surface area contributed by atoms with E-state index in [4.69, 9.17) is 22.5 Å². The Morgan fingerprint density at radius 2 is 1.87 bits per heavy atom. The topological polar surface area (TPSA) is 129 Å². The van der Waals surface area contributed by atoms with Gasteiger partial charge in [0.1, 0.15) is 15.6 Å². The van der Waals surface area contributed by atoms with Crippen LogP contribution in [0.3, 0.4) is 0 Å². The molecule has 11 heteroatoms. The van der Waals surface area contributed by atoms with Crippen molar-refractivity contribution in [1.82, 2.24) is 14.5 Å². The Morgan fingerprint density at radius 1 is 1.13 bits per heavy atom. The number of nitrogens with two attached hydrogens (primary N) is 2. The predicted molar refractivity (Wildman–Crippen MR) is 119 cm³/mol. The SMILES string of the molecule is Nc1nc(Nc2ccccc2S(N)(=O)=O)sc1-c1nccn1Cc1ccc(Cl)cc1. The summed E-state index contributed by atoms with van der Waals surface area (Å²) < 4.78 is 25.6. The number of imidazole rings is 1. The second-order valence-electron chi connectivity index (χ2n) is 6.40. The van der Waals surface area contributed by atoms with E-state index >= 15 is 0 Å². The molecule has 0 aliphatic carbocycles. The third-order valence-electron chi connectivity index (χ3n) is 4.27. The van der Waals surface area contributed by atoms with Gasteiger partial charge in [0.15, 0.2) is 11.0 Å². The smallest absolute Gasteiger partial charge is 0.240 e. The Balaban J connectivity index is 1.64. The lowest BCUT2D eigenvalue weighted by Crippen LogP contribution is -2.13. The van der Waals surface area contributed by atoms with E-state index < -0.39 is 10.0 Å². The number of anilines is 3. The molecule has 2 heterocycles. The van der Waals surface area contributed by atoms with Crippen molar-refractivity contribution >= 4 is 49.6 Å². The minimum Gasteiger partial charge on any atom is -0.382 e. The number of sulfonamides is 1. The normalized spacial score (nSPS) is 11.5. The van der Waals surface area contributed by atoms with E-state index in [2.05, 4.69) is 15.3 Å². The Hall–Kier alpha value is -2.92. The third-order valence-corrected chi connectivity index (χ3v) is 6.48. The molecule has 8 nitrogen and oxygen atoms in total. The van der Waals surface area contributed by atoms with Gasteiger partial charge in [0.25, 0.3) is 0 Å². The standard InChI is InChI=1S/C19H17ClN6O2S2/c20-13-7-5-12(6-8-13)11-26-10-9-23-18(26)16-17(21)25-19(29-16)24-14-3-1-2-4-15(14)30(22,27)28/h1-10H,11,21H2,(H,24,25)(H2,22,27,28). The first kappa shape index (κ1) is 20.4. The first-order valence-electron chi connectivity index (χ1n) is 8.72. The van der Waals surface area contributed by atoms with E-state index in [0.717, 1.165) is 5.56 Å². The van der Waals surface area contributed by atoms with Crippen LogP contribution >= 0.6 is 22.9 Å². The summed E-state index contributed by atoms with van der Waals surface area (Å²) in [6.07, 6.45) is 3.54. The van der Waals surface area contributed by atoms with Crippen molar-refractivity contribution in [1.29, 1.82) is 0 Å². The van der Waals surface area contributed by atoms with Gasteiger partial charge in [0.05, 0.1) is 5.69 Å². The van der Waals surface area contributed by atoms with Crippen LogP contribution in [0.2, 0.25) is 5.02 Å². The van der Waals surface area contributed by atoms with Crippen LogP contribution in [0.5, 0.6) is 0 Å². The molecule has 0 fully saturated rings. The molecule has 5 N–H and O–H groups in total. The van der Waals surface area contributed by atoms with E-state index in [1.165, 1.54) is 17.4 Å². The lowest BCUT2D eigenvalue weighted by atomic mass is 10.2. The largest absolute Gasteiger partial charge is 0.382 e. The number of hydrogen-bond acceptors (Lipinski definition) is 7. The summed E-state index contributed by atoms with van der Waals surface area (Å²) in [5.74, 6) is 0.951. The maximum Gasteiger partial charge on any atom is 0.240 e. The molecule has 2 aromatic heterocycles. The zero-order valence-corrected chi connectivity index (χ0v) is 17.9. The van der Waals surface area contributed by atoms with Crippen molar-refractivity contribution < 1.29 is 8.42 Å². The van der Waals surface area contributed by atoms with Crippen molar-refractivity contribution in [2.45, 2.75) is 11.4 Å². The number of aromatic nitrogens is 3. The highest BCUT2D eigenvalue weighted by Gasteiger charge is 2.18. The highest BCUT2D eigenvalue weighted by atomic mass is 35.5. The van der Waals surface area contributed by atoms with E-state index in [1.807, 2.05) is 35.0 Å². The van der Waals surface area contributed by atoms with Crippen LogP contribution in [0, 0.1) is 0 Å². The summed E-state index contributed by atoms with van der Waals surface area (Å²) in [5.41, 5.74) is 7.52. The fourth-order valence-electron chi connectivity index (χ4n) is 2.91. The van der Waals surface area contributed by atoms with Crippen molar-refractivity contribution in [2.24, 2.45) is 5.14 Å². The van der Waals surface area contributed by atoms with Crippen LogP contribution in [0.15, 0.2) is 65.8 Å². The third kappa shape index (κ3) is 4.31. The first-order chi connectivity index (χ1) is 14.3. The Bertz CT molecular complexity index is 1300. The molecule has 30 heavy (non-hydrogen) atoms. The fourth-order valence-corrected chi connectivity index (χ4v) is 4.64. The molecule has 4 aromatic rings. The number of rotatable bonds is 6. The quantitative estimate of drug-likeness (QED) is 0.402.